The third-order valence-electron chi connectivity index (χ3n) is 2.40. The van der Waals surface area contributed by atoms with Crippen LogP contribution in [-0.4, -0.2) is 23.9 Å². The van der Waals surface area contributed by atoms with Gasteiger partial charge in [0.05, 0.1) is 18.7 Å². The topological polar surface area (TPSA) is 48.4 Å². The van der Waals surface area contributed by atoms with Crippen LogP contribution in [0.2, 0.25) is 0 Å². The Labute approximate surface area is 127 Å². The highest BCUT2D eigenvalue weighted by molar-refractivity contribution is 6.17. The van der Waals surface area contributed by atoms with E-state index in [4.69, 9.17) is 11.6 Å². The molecule has 1 rings (SSSR count). The van der Waals surface area contributed by atoms with Crippen LogP contribution in [0.5, 0.6) is 5.88 Å². The predicted octanol–water partition coefficient (Wildman–Crippen LogP) is 3.76. The van der Waals surface area contributed by atoms with Gasteiger partial charge in [0, 0.05) is 17.5 Å². The van der Waals surface area contributed by atoms with Crippen molar-refractivity contribution in [2.24, 2.45) is 0 Å². The Bertz CT molecular complexity index is 536. The molecule has 1 aromatic rings. The fourth-order valence-electron chi connectivity index (χ4n) is 1.67. The number of carbonyl (C=O) groups is 1. The van der Waals surface area contributed by atoms with Gasteiger partial charge in [-0.05, 0) is 12.5 Å². The molecule has 0 aliphatic carbocycles. The number of aromatic nitrogens is 1. The molecule has 0 radical (unpaired) electrons. The number of alkyl halides is 6. The largest absolute Gasteiger partial charge is 0.574 e. The summed E-state index contributed by atoms with van der Waals surface area (Å²) in [6, 6.07) is 0.663. The molecule has 0 aliphatic rings. The van der Waals surface area contributed by atoms with Gasteiger partial charge in [-0.2, -0.15) is 0 Å². The normalized spacial score (nSPS) is 11.6. The summed E-state index contributed by atoms with van der Waals surface area (Å²) in [5.41, 5.74) is -1.56. The number of esters is 1. The van der Waals surface area contributed by atoms with Gasteiger partial charge < -0.3 is 9.47 Å². The molecule has 0 spiro atoms. The Morgan fingerprint density at radius 2 is 2.05 bits per heavy atom. The lowest BCUT2D eigenvalue weighted by Crippen LogP contribution is -2.20. The van der Waals surface area contributed by atoms with Crippen molar-refractivity contribution in [2.75, 3.05) is 6.61 Å². The van der Waals surface area contributed by atoms with E-state index in [1.54, 1.807) is 0 Å². The molecule has 10 heteroatoms. The zero-order chi connectivity index (χ0) is 16.9. The van der Waals surface area contributed by atoms with E-state index in [0.717, 1.165) is 0 Å². The highest BCUT2D eigenvalue weighted by Gasteiger charge is 2.33. The first kappa shape index (κ1) is 18.4. The number of ether oxygens (including phenoxy) is 2. The van der Waals surface area contributed by atoms with Crippen LogP contribution in [0.25, 0.3) is 0 Å². The smallest absolute Gasteiger partial charge is 0.466 e. The van der Waals surface area contributed by atoms with Crippen molar-refractivity contribution in [3.8, 4) is 5.88 Å². The minimum absolute atomic E-state index is 0.00997. The standard InChI is InChI=1S/C12H11ClF5NO3/c1-2-21-9(20)4-7-10(11(14)15)6(5-13)3-8(19-7)22-12(16,17)18/h3,11H,2,4-5H2,1H3. The fraction of sp³-hybridized carbons (Fsp3) is 0.500. The second-order valence-electron chi connectivity index (χ2n) is 3.94. The maximum atomic E-state index is 13.1. The van der Waals surface area contributed by atoms with Gasteiger partial charge >= 0.3 is 12.3 Å². The molecular formula is C12H11ClF5NO3. The van der Waals surface area contributed by atoms with Crippen molar-refractivity contribution in [1.82, 2.24) is 4.98 Å². The molecule has 4 nitrogen and oxygen atoms in total. The van der Waals surface area contributed by atoms with Crippen LogP contribution < -0.4 is 4.74 Å². The third kappa shape index (κ3) is 5.28. The van der Waals surface area contributed by atoms with Gasteiger partial charge in [-0.3, -0.25) is 4.79 Å². The lowest BCUT2D eigenvalue weighted by atomic mass is 10.1. The molecule has 0 saturated heterocycles. The summed E-state index contributed by atoms with van der Waals surface area (Å²) in [6.45, 7) is 1.48. The van der Waals surface area contributed by atoms with Crippen LogP contribution in [0.1, 0.15) is 30.2 Å². The second kappa shape index (κ2) is 7.57. The Morgan fingerprint density at radius 3 is 2.50 bits per heavy atom. The fourth-order valence-corrected chi connectivity index (χ4v) is 1.89. The van der Waals surface area contributed by atoms with Crippen molar-refractivity contribution < 1.29 is 36.2 Å². The molecule has 0 N–H and O–H groups in total. The van der Waals surface area contributed by atoms with Crippen LogP contribution in [0.15, 0.2) is 6.07 Å². The number of rotatable bonds is 6. The molecule has 1 aromatic heterocycles. The molecule has 0 atom stereocenters. The summed E-state index contributed by atoms with van der Waals surface area (Å²) >= 11 is 5.47. The Morgan fingerprint density at radius 1 is 1.41 bits per heavy atom. The molecule has 0 bridgehead atoms. The zero-order valence-corrected chi connectivity index (χ0v) is 12.0. The number of hydrogen-bond acceptors (Lipinski definition) is 4. The molecular weight excluding hydrogens is 337 g/mol. The first-order chi connectivity index (χ1) is 10.2. The summed E-state index contributed by atoms with van der Waals surface area (Å²) < 4.78 is 71.0. The number of hydrogen-bond donors (Lipinski definition) is 0. The summed E-state index contributed by atoms with van der Waals surface area (Å²) in [6.07, 6.45) is -8.83. The van der Waals surface area contributed by atoms with E-state index in [1.165, 1.54) is 6.92 Å². The first-order valence-corrected chi connectivity index (χ1v) is 6.49. The van der Waals surface area contributed by atoms with E-state index < -0.39 is 48.2 Å². The minimum Gasteiger partial charge on any atom is -0.466 e. The van der Waals surface area contributed by atoms with Crippen molar-refractivity contribution >= 4 is 17.6 Å². The molecule has 0 aromatic carbocycles. The molecule has 0 fully saturated rings. The van der Waals surface area contributed by atoms with E-state index in [1.807, 2.05) is 0 Å². The molecule has 22 heavy (non-hydrogen) atoms. The quantitative estimate of drug-likeness (QED) is 0.446. The second-order valence-corrected chi connectivity index (χ2v) is 4.21. The van der Waals surface area contributed by atoms with Crippen LogP contribution in [0.3, 0.4) is 0 Å². The average Bonchev–Trinajstić information content (AvgIpc) is 2.35. The van der Waals surface area contributed by atoms with E-state index in [0.29, 0.717) is 6.07 Å². The molecule has 124 valence electrons. The maximum absolute atomic E-state index is 13.1. The van der Waals surface area contributed by atoms with Crippen LogP contribution in [0, 0.1) is 0 Å². The van der Waals surface area contributed by atoms with Gasteiger partial charge in [-0.25, -0.2) is 13.8 Å². The average molecular weight is 348 g/mol. The summed E-state index contributed by atoms with van der Waals surface area (Å²) in [7, 11) is 0. The predicted molar refractivity (Wildman–Crippen MR) is 65.8 cm³/mol. The molecule has 1 heterocycles. The minimum atomic E-state index is -5.05. The third-order valence-corrected chi connectivity index (χ3v) is 2.69. The van der Waals surface area contributed by atoms with Gasteiger partial charge in [0.2, 0.25) is 5.88 Å². The Balaban J connectivity index is 3.28. The highest BCUT2D eigenvalue weighted by Crippen LogP contribution is 2.32. The monoisotopic (exact) mass is 347 g/mol. The van der Waals surface area contributed by atoms with Crippen LogP contribution >= 0.6 is 11.6 Å². The number of pyridine rings is 1. The SMILES string of the molecule is CCOC(=O)Cc1nc(OC(F)(F)F)cc(CCl)c1C(F)F. The summed E-state index contributed by atoms with van der Waals surface area (Å²) in [5, 5.41) is 0. The molecule has 0 amide bonds. The lowest BCUT2D eigenvalue weighted by Gasteiger charge is -2.15. The van der Waals surface area contributed by atoms with Gasteiger partial charge in [-0.15, -0.1) is 24.8 Å². The highest BCUT2D eigenvalue weighted by atomic mass is 35.5. The molecule has 0 saturated carbocycles. The number of nitrogens with zero attached hydrogens (tertiary/aromatic N) is 1. The van der Waals surface area contributed by atoms with Crippen molar-refractivity contribution in [2.45, 2.75) is 32.0 Å². The van der Waals surface area contributed by atoms with E-state index in [2.05, 4.69) is 14.5 Å². The Hall–Kier alpha value is -1.64. The summed E-state index contributed by atoms with van der Waals surface area (Å²) in [5.74, 6) is -2.36. The first-order valence-electron chi connectivity index (χ1n) is 5.96. The lowest BCUT2D eigenvalue weighted by molar-refractivity contribution is -0.276. The maximum Gasteiger partial charge on any atom is 0.574 e. The van der Waals surface area contributed by atoms with Gasteiger partial charge in [-0.1, -0.05) is 0 Å². The van der Waals surface area contributed by atoms with Crippen molar-refractivity contribution in [3.05, 3.63) is 22.9 Å². The number of halogens is 6. The van der Waals surface area contributed by atoms with Crippen LogP contribution in [0.4, 0.5) is 22.0 Å². The number of carbonyl (C=O) groups excluding carboxylic acids is 1. The summed E-state index contributed by atoms with van der Waals surface area (Å²) in [4.78, 5) is 14.7. The van der Waals surface area contributed by atoms with Gasteiger partial charge in [0.1, 0.15) is 0 Å². The Kier molecular flexibility index (Phi) is 6.34. The zero-order valence-electron chi connectivity index (χ0n) is 11.2. The van der Waals surface area contributed by atoms with Gasteiger partial charge in [0.25, 0.3) is 6.43 Å². The molecule has 0 unspecified atom stereocenters. The van der Waals surface area contributed by atoms with Gasteiger partial charge in [0.15, 0.2) is 0 Å². The van der Waals surface area contributed by atoms with Crippen molar-refractivity contribution in [3.63, 3.8) is 0 Å². The van der Waals surface area contributed by atoms with E-state index >= 15 is 0 Å². The molecule has 0 aliphatic heterocycles. The van der Waals surface area contributed by atoms with Crippen molar-refractivity contribution in [1.29, 1.82) is 0 Å². The van der Waals surface area contributed by atoms with Crippen LogP contribution in [-0.2, 0) is 21.8 Å². The van der Waals surface area contributed by atoms with E-state index in [9.17, 15) is 26.7 Å². The van der Waals surface area contributed by atoms with E-state index in [-0.39, 0.29) is 12.2 Å².